The fourth-order valence-corrected chi connectivity index (χ4v) is 6.15. The van der Waals surface area contributed by atoms with Crippen molar-refractivity contribution in [2.75, 3.05) is 6.26 Å². The van der Waals surface area contributed by atoms with E-state index in [9.17, 15) is 9.59 Å². The van der Waals surface area contributed by atoms with Gasteiger partial charge in [-0.3, -0.25) is 9.59 Å². The molecule has 138 valence electrons. The quantitative estimate of drug-likeness (QED) is 0.590. The van der Waals surface area contributed by atoms with Gasteiger partial charge in [-0.2, -0.15) is 11.8 Å². The molecule has 0 radical (unpaired) electrons. The lowest BCUT2D eigenvalue weighted by Gasteiger charge is -2.53. The Hall–Kier alpha value is -0.333. The van der Waals surface area contributed by atoms with Gasteiger partial charge in [-0.25, -0.2) is 0 Å². The number of hydrogen-bond donors (Lipinski definition) is 1. The van der Waals surface area contributed by atoms with Gasteiger partial charge in [0.05, 0.1) is 18.1 Å². The van der Waals surface area contributed by atoms with Gasteiger partial charge in [0.2, 0.25) is 5.91 Å². The van der Waals surface area contributed by atoms with E-state index in [0.29, 0.717) is 18.6 Å². The highest BCUT2D eigenvalue weighted by molar-refractivity contribution is 8.00. The zero-order chi connectivity index (χ0) is 18.3. The van der Waals surface area contributed by atoms with Crippen LogP contribution in [0.5, 0.6) is 0 Å². The molecule has 1 saturated heterocycles. The van der Waals surface area contributed by atoms with Crippen LogP contribution in [0.1, 0.15) is 53.4 Å². The van der Waals surface area contributed by atoms with Crippen molar-refractivity contribution >= 4 is 31.8 Å². The van der Waals surface area contributed by atoms with E-state index in [-0.39, 0.29) is 33.8 Å². The maximum absolute atomic E-state index is 12.3. The number of Topliss-reactive ketones (excluding diaryl/α,β-unsaturated/α-hetero) is 1. The van der Waals surface area contributed by atoms with Crippen LogP contribution >= 0.6 is 11.8 Å². The lowest BCUT2D eigenvalue weighted by molar-refractivity contribution is -0.142. The lowest BCUT2D eigenvalue weighted by Crippen LogP contribution is -2.71. The fourth-order valence-electron chi connectivity index (χ4n) is 3.65. The molecule has 2 fully saturated rings. The average Bonchev–Trinajstić information content (AvgIpc) is 2.44. The highest BCUT2D eigenvalue weighted by atomic mass is 32.2. The number of rotatable bonds is 5. The Morgan fingerprint density at radius 1 is 1.25 bits per heavy atom. The van der Waals surface area contributed by atoms with Gasteiger partial charge in [0.25, 0.3) is 0 Å². The van der Waals surface area contributed by atoms with Crippen LogP contribution in [0.25, 0.3) is 0 Å². The first-order valence-corrected chi connectivity index (χ1v) is 13.1. The highest BCUT2D eigenvalue weighted by Crippen LogP contribution is 2.47. The molecule has 2 rings (SSSR count). The van der Waals surface area contributed by atoms with Crippen molar-refractivity contribution in [1.29, 1.82) is 0 Å². The third-order valence-electron chi connectivity index (χ3n) is 6.38. The van der Waals surface area contributed by atoms with Gasteiger partial charge in [-0.05, 0) is 44.2 Å². The average molecular weight is 372 g/mol. The van der Waals surface area contributed by atoms with E-state index in [1.807, 2.05) is 11.8 Å². The number of ketones is 1. The summed E-state index contributed by atoms with van der Waals surface area (Å²) in [5.41, 5.74) is 0. The van der Waals surface area contributed by atoms with Gasteiger partial charge >= 0.3 is 0 Å². The van der Waals surface area contributed by atoms with Gasteiger partial charge in [-0.15, -0.1) is 0 Å². The third-order valence-corrected chi connectivity index (χ3v) is 12.4. The zero-order valence-corrected chi connectivity index (χ0v) is 18.0. The summed E-state index contributed by atoms with van der Waals surface area (Å²) in [5.74, 6) is 0.365. The molecule has 1 saturated carbocycles. The summed E-state index contributed by atoms with van der Waals surface area (Å²) in [4.78, 5) is 24.0. The van der Waals surface area contributed by atoms with E-state index < -0.39 is 8.32 Å². The van der Waals surface area contributed by atoms with Gasteiger partial charge in [0, 0.05) is 17.6 Å². The van der Waals surface area contributed by atoms with E-state index in [2.05, 4.69) is 52.4 Å². The molecule has 2 aliphatic rings. The topological polar surface area (TPSA) is 55.4 Å². The zero-order valence-electron chi connectivity index (χ0n) is 16.2. The van der Waals surface area contributed by atoms with Gasteiger partial charge in [0.15, 0.2) is 8.32 Å². The summed E-state index contributed by atoms with van der Waals surface area (Å²) >= 11 is 1.81. The van der Waals surface area contributed by atoms with Crippen LogP contribution in [0.4, 0.5) is 0 Å². The van der Waals surface area contributed by atoms with Crippen LogP contribution in [0.15, 0.2) is 0 Å². The Balaban J connectivity index is 2.14. The Labute approximate surface area is 152 Å². The molecule has 0 spiro atoms. The summed E-state index contributed by atoms with van der Waals surface area (Å²) < 4.78 is 6.49. The number of nitrogens with one attached hydrogen (secondary N) is 1. The minimum Gasteiger partial charge on any atom is -0.413 e. The van der Waals surface area contributed by atoms with Crippen molar-refractivity contribution in [3.05, 3.63) is 0 Å². The largest absolute Gasteiger partial charge is 0.413 e. The first kappa shape index (κ1) is 20.0. The first-order chi connectivity index (χ1) is 10.9. The molecule has 0 aromatic rings. The molecule has 1 aliphatic heterocycles. The van der Waals surface area contributed by atoms with Crippen molar-refractivity contribution in [2.45, 2.75) is 88.4 Å². The molecule has 3 atom stereocenters. The molecule has 6 heteroatoms. The molecule has 0 bridgehead atoms. The minimum absolute atomic E-state index is 0.0163. The van der Waals surface area contributed by atoms with Crippen molar-refractivity contribution in [3.8, 4) is 0 Å². The van der Waals surface area contributed by atoms with E-state index in [4.69, 9.17) is 4.43 Å². The molecule has 1 heterocycles. The number of amides is 1. The molecule has 4 nitrogen and oxygen atoms in total. The second-order valence-corrected chi connectivity index (χ2v) is 14.9. The van der Waals surface area contributed by atoms with Crippen molar-refractivity contribution in [1.82, 2.24) is 5.32 Å². The second-order valence-electron chi connectivity index (χ2n) is 8.90. The number of β-lactam (4-membered cyclic amide) rings is 1. The van der Waals surface area contributed by atoms with Crippen molar-refractivity contribution < 1.29 is 14.0 Å². The molecule has 1 aliphatic carbocycles. The molecular weight excluding hydrogens is 338 g/mol. The van der Waals surface area contributed by atoms with Crippen LogP contribution in [-0.4, -0.2) is 43.2 Å². The molecule has 1 N–H and O–H groups in total. The monoisotopic (exact) mass is 371 g/mol. The van der Waals surface area contributed by atoms with Gasteiger partial charge in [0.1, 0.15) is 5.78 Å². The van der Waals surface area contributed by atoms with E-state index >= 15 is 0 Å². The molecular formula is C18H33NO3SSi. The summed E-state index contributed by atoms with van der Waals surface area (Å²) in [6.07, 6.45) is 5.03. The Morgan fingerprint density at radius 2 is 1.79 bits per heavy atom. The molecule has 0 aromatic heterocycles. The maximum Gasteiger partial charge on any atom is 0.228 e. The van der Waals surface area contributed by atoms with Crippen molar-refractivity contribution in [2.24, 2.45) is 5.92 Å². The Bertz CT molecular complexity index is 505. The van der Waals surface area contributed by atoms with Crippen LogP contribution in [0, 0.1) is 5.92 Å². The predicted octanol–water partition coefficient (Wildman–Crippen LogP) is 3.76. The van der Waals surface area contributed by atoms with Crippen LogP contribution in [0.2, 0.25) is 18.1 Å². The minimum atomic E-state index is -1.91. The second kappa shape index (κ2) is 6.76. The molecule has 2 unspecified atom stereocenters. The van der Waals surface area contributed by atoms with E-state index in [1.54, 1.807) is 0 Å². The number of thioether (sulfide) groups is 1. The number of hydrogen-bond acceptors (Lipinski definition) is 4. The molecule has 24 heavy (non-hydrogen) atoms. The lowest BCUT2D eigenvalue weighted by atomic mass is 9.71. The normalized spacial score (nSPS) is 29.0. The SMILES string of the molecule is CSC1(C2NC(=O)C2[C@@H](C)O[Si](C)(C)C(C)(C)C)CCC(=O)CC1. The maximum atomic E-state index is 12.3. The van der Waals surface area contributed by atoms with Crippen LogP contribution in [-0.2, 0) is 14.0 Å². The summed E-state index contributed by atoms with van der Waals surface area (Å²) in [6.45, 7) is 13.2. The summed E-state index contributed by atoms with van der Waals surface area (Å²) in [5, 5.41) is 3.27. The Morgan fingerprint density at radius 3 is 2.21 bits per heavy atom. The van der Waals surface area contributed by atoms with E-state index in [1.165, 1.54) is 0 Å². The fraction of sp³-hybridized carbons (Fsp3) is 0.889. The number of carbonyl (C=O) groups excluding carboxylic acids is 2. The van der Waals surface area contributed by atoms with E-state index in [0.717, 1.165) is 12.8 Å². The third kappa shape index (κ3) is 3.60. The molecule has 0 aromatic carbocycles. The first-order valence-electron chi connectivity index (χ1n) is 8.98. The van der Waals surface area contributed by atoms with Gasteiger partial charge < -0.3 is 9.74 Å². The summed E-state index contributed by atoms with van der Waals surface area (Å²) in [6, 6.07) is 0.118. The van der Waals surface area contributed by atoms with Crippen molar-refractivity contribution in [3.63, 3.8) is 0 Å². The highest BCUT2D eigenvalue weighted by Gasteiger charge is 2.56. The Kier molecular flexibility index (Phi) is 5.63. The van der Waals surface area contributed by atoms with Gasteiger partial charge in [-0.1, -0.05) is 20.8 Å². The van der Waals surface area contributed by atoms with Crippen LogP contribution in [0.3, 0.4) is 0 Å². The smallest absolute Gasteiger partial charge is 0.228 e. The number of carbonyl (C=O) groups is 2. The molecule has 1 amide bonds. The standard InChI is InChI=1S/C18H33NO3SSi/c1-12(22-24(6,7)17(2,3)4)14-15(19-16(14)21)18(23-5)10-8-13(20)9-11-18/h12,14-15H,8-11H2,1-7H3,(H,19,21)/t12-,14?,15?/m1/s1. The van der Waals surface area contributed by atoms with Crippen LogP contribution < -0.4 is 5.32 Å². The predicted molar refractivity (Wildman–Crippen MR) is 103 cm³/mol. The summed E-state index contributed by atoms with van der Waals surface area (Å²) in [7, 11) is -1.91.